The van der Waals surface area contributed by atoms with Crippen LogP contribution < -0.4 is 0 Å². The summed E-state index contributed by atoms with van der Waals surface area (Å²) in [5.74, 6) is 0. The number of hydrogen-bond donors (Lipinski definition) is 0. The van der Waals surface area contributed by atoms with Gasteiger partial charge < -0.3 is 0 Å². The average molecular weight is 199 g/mol. The summed E-state index contributed by atoms with van der Waals surface area (Å²) >= 11 is 5.69. The number of halogens is 1. The van der Waals surface area contributed by atoms with E-state index in [0.29, 0.717) is 5.56 Å². The molecule has 0 aliphatic heterocycles. The van der Waals surface area contributed by atoms with Gasteiger partial charge in [-0.2, -0.15) is 0 Å². The zero-order valence-electron chi connectivity index (χ0n) is 6.95. The number of nitrogens with zero attached hydrogens (tertiary/aromatic N) is 2. The molecule has 0 unspecified atom stereocenters. The molecule has 4 nitrogen and oxygen atoms in total. The second-order valence-electron chi connectivity index (χ2n) is 2.43. The van der Waals surface area contributed by atoms with Crippen LogP contribution in [0.2, 0.25) is 5.02 Å². The van der Waals surface area contributed by atoms with E-state index < -0.39 is 4.92 Å². The Morgan fingerprint density at radius 2 is 2.38 bits per heavy atom. The molecule has 0 aromatic carbocycles. The topological polar surface area (TPSA) is 56.0 Å². The fraction of sp³-hybridized carbons (Fsp3) is 0.125. The van der Waals surface area contributed by atoms with E-state index in [4.69, 9.17) is 11.6 Å². The first-order valence-corrected chi connectivity index (χ1v) is 3.87. The second kappa shape index (κ2) is 3.53. The molecule has 1 aromatic heterocycles. The number of hydrogen-bond acceptors (Lipinski definition) is 3. The predicted molar refractivity (Wildman–Crippen MR) is 50.7 cm³/mol. The van der Waals surface area contributed by atoms with Crippen LogP contribution in [0.4, 0.5) is 5.69 Å². The first-order valence-electron chi connectivity index (χ1n) is 3.50. The lowest BCUT2D eigenvalue weighted by Crippen LogP contribution is -1.97. The van der Waals surface area contributed by atoms with Crippen molar-refractivity contribution in [3.63, 3.8) is 0 Å². The Morgan fingerprint density at radius 1 is 1.77 bits per heavy atom. The fourth-order valence-electron chi connectivity index (χ4n) is 0.969. The molecular weight excluding hydrogens is 192 g/mol. The molecule has 13 heavy (non-hydrogen) atoms. The third-order valence-electron chi connectivity index (χ3n) is 1.65. The van der Waals surface area contributed by atoms with Crippen molar-refractivity contribution in [2.24, 2.45) is 0 Å². The Bertz CT molecular complexity index is 377. The largest absolute Gasteiger partial charge is 0.299 e. The fourth-order valence-corrected chi connectivity index (χ4v) is 1.11. The number of rotatable bonds is 2. The molecule has 0 amide bonds. The molecule has 0 atom stereocenters. The maximum absolute atomic E-state index is 10.6. The van der Waals surface area contributed by atoms with Gasteiger partial charge in [0.15, 0.2) is 0 Å². The van der Waals surface area contributed by atoms with E-state index in [0.717, 1.165) is 0 Å². The van der Waals surface area contributed by atoms with Crippen LogP contribution >= 0.6 is 11.6 Å². The molecule has 1 aromatic rings. The van der Waals surface area contributed by atoms with E-state index in [-0.39, 0.29) is 16.4 Å². The van der Waals surface area contributed by atoms with Crippen molar-refractivity contribution in [2.45, 2.75) is 6.92 Å². The first-order chi connectivity index (χ1) is 6.07. The molecule has 0 bridgehead atoms. The lowest BCUT2D eigenvalue weighted by molar-refractivity contribution is -0.385. The number of nitro groups is 1. The summed E-state index contributed by atoms with van der Waals surface area (Å²) in [4.78, 5) is 13.9. The van der Waals surface area contributed by atoms with Gasteiger partial charge in [-0.15, -0.1) is 0 Å². The van der Waals surface area contributed by atoms with Crippen LogP contribution in [-0.4, -0.2) is 9.91 Å². The summed E-state index contributed by atoms with van der Waals surface area (Å²) in [7, 11) is 0. The maximum atomic E-state index is 10.6. The molecule has 1 rings (SSSR count). The minimum atomic E-state index is -0.509. The maximum Gasteiger partial charge on any atom is 0.299 e. The highest BCUT2D eigenvalue weighted by Crippen LogP contribution is 2.27. The minimum Gasteiger partial charge on any atom is -0.258 e. The van der Waals surface area contributed by atoms with Gasteiger partial charge in [0.25, 0.3) is 5.69 Å². The average Bonchev–Trinajstić information content (AvgIpc) is 2.08. The zero-order valence-corrected chi connectivity index (χ0v) is 7.71. The Labute approximate surface area is 80.0 Å². The van der Waals surface area contributed by atoms with E-state index in [1.54, 1.807) is 6.92 Å². The number of pyridine rings is 1. The third-order valence-corrected chi connectivity index (χ3v) is 2.03. The van der Waals surface area contributed by atoms with Crippen LogP contribution in [0.25, 0.3) is 6.08 Å². The molecule has 0 aliphatic carbocycles. The van der Waals surface area contributed by atoms with Gasteiger partial charge in [-0.05, 0) is 13.0 Å². The van der Waals surface area contributed by atoms with E-state index in [1.807, 2.05) is 0 Å². The molecule has 0 saturated heterocycles. The molecule has 0 aliphatic rings. The smallest absolute Gasteiger partial charge is 0.258 e. The third kappa shape index (κ3) is 1.67. The van der Waals surface area contributed by atoms with Crippen LogP contribution in [0.3, 0.4) is 0 Å². The molecular formula is C8H7ClN2O2. The Morgan fingerprint density at radius 3 is 2.85 bits per heavy atom. The van der Waals surface area contributed by atoms with Crippen molar-refractivity contribution in [3.05, 3.63) is 39.2 Å². The van der Waals surface area contributed by atoms with Crippen LogP contribution in [-0.2, 0) is 0 Å². The SMILES string of the molecule is C=Cc1ncc(Cl)c(C)c1[N+](=O)[O-]. The second-order valence-corrected chi connectivity index (χ2v) is 2.83. The van der Waals surface area contributed by atoms with Gasteiger partial charge in [-0.25, -0.2) is 4.98 Å². The van der Waals surface area contributed by atoms with Crippen molar-refractivity contribution in [2.75, 3.05) is 0 Å². The predicted octanol–water partition coefficient (Wildman–Crippen LogP) is 2.59. The Kier molecular flexibility index (Phi) is 2.63. The molecule has 0 radical (unpaired) electrons. The van der Waals surface area contributed by atoms with E-state index in [9.17, 15) is 10.1 Å². The normalized spacial score (nSPS) is 9.69. The molecule has 0 spiro atoms. The summed E-state index contributed by atoms with van der Waals surface area (Å²) in [6.07, 6.45) is 2.71. The minimum absolute atomic E-state index is 0.0810. The molecule has 1 heterocycles. The van der Waals surface area contributed by atoms with Gasteiger partial charge in [0.05, 0.1) is 9.95 Å². The van der Waals surface area contributed by atoms with Gasteiger partial charge in [0.2, 0.25) is 0 Å². The van der Waals surface area contributed by atoms with Crippen LogP contribution in [0.15, 0.2) is 12.8 Å². The molecule has 0 saturated carbocycles. The van der Waals surface area contributed by atoms with Crippen LogP contribution in [0, 0.1) is 17.0 Å². The van der Waals surface area contributed by atoms with Crippen LogP contribution in [0.5, 0.6) is 0 Å². The van der Waals surface area contributed by atoms with E-state index >= 15 is 0 Å². The van der Waals surface area contributed by atoms with Crippen molar-refractivity contribution >= 4 is 23.4 Å². The summed E-state index contributed by atoms with van der Waals surface area (Å²) in [6, 6.07) is 0. The van der Waals surface area contributed by atoms with Gasteiger partial charge in [0.1, 0.15) is 5.69 Å². The monoisotopic (exact) mass is 198 g/mol. The van der Waals surface area contributed by atoms with E-state index in [2.05, 4.69) is 11.6 Å². The Balaban J connectivity index is 3.50. The Hall–Kier alpha value is -1.42. The van der Waals surface area contributed by atoms with Crippen molar-refractivity contribution in [3.8, 4) is 0 Å². The standard InChI is InChI=1S/C8H7ClN2O2/c1-3-7-8(11(12)13)5(2)6(9)4-10-7/h3-4H,1H2,2H3. The van der Waals surface area contributed by atoms with Crippen LogP contribution in [0.1, 0.15) is 11.3 Å². The first kappa shape index (κ1) is 9.67. The van der Waals surface area contributed by atoms with E-state index in [1.165, 1.54) is 12.3 Å². The van der Waals surface area contributed by atoms with Gasteiger partial charge >= 0.3 is 0 Å². The highest BCUT2D eigenvalue weighted by molar-refractivity contribution is 6.31. The van der Waals surface area contributed by atoms with Crippen molar-refractivity contribution in [1.82, 2.24) is 4.98 Å². The van der Waals surface area contributed by atoms with Gasteiger partial charge in [-0.1, -0.05) is 18.2 Å². The summed E-state index contributed by atoms with van der Waals surface area (Å²) in [5, 5.41) is 10.9. The summed E-state index contributed by atoms with van der Waals surface area (Å²) in [5.41, 5.74) is 0.575. The van der Waals surface area contributed by atoms with Gasteiger partial charge in [0, 0.05) is 11.8 Å². The zero-order chi connectivity index (χ0) is 10.0. The highest BCUT2D eigenvalue weighted by atomic mass is 35.5. The van der Waals surface area contributed by atoms with Gasteiger partial charge in [-0.3, -0.25) is 10.1 Å². The molecule has 68 valence electrons. The lowest BCUT2D eigenvalue weighted by atomic mass is 10.2. The number of aromatic nitrogens is 1. The summed E-state index contributed by atoms with van der Waals surface area (Å²) in [6.45, 7) is 5.01. The summed E-state index contributed by atoms with van der Waals surface area (Å²) < 4.78 is 0. The molecule has 5 heteroatoms. The molecule has 0 N–H and O–H groups in total. The van der Waals surface area contributed by atoms with Crippen molar-refractivity contribution in [1.29, 1.82) is 0 Å². The molecule has 0 fully saturated rings. The quantitative estimate of drug-likeness (QED) is 0.542. The lowest BCUT2D eigenvalue weighted by Gasteiger charge is -2.01. The highest BCUT2D eigenvalue weighted by Gasteiger charge is 2.18. The van der Waals surface area contributed by atoms with Crippen molar-refractivity contribution < 1.29 is 4.92 Å².